The van der Waals surface area contributed by atoms with Crippen molar-refractivity contribution in [3.63, 3.8) is 0 Å². The van der Waals surface area contributed by atoms with Crippen molar-refractivity contribution in [1.82, 2.24) is 10.2 Å². The zero-order valence-electron chi connectivity index (χ0n) is 11.2. The molecule has 0 aliphatic carbocycles. The summed E-state index contributed by atoms with van der Waals surface area (Å²) < 4.78 is 0. The molecular formula is C12H25N3S. The molecule has 1 atom stereocenters. The fourth-order valence-electron chi connectivity index (χ4n) is 1.89. The van der Waals surface area contributed by atoms with E-state index in [1.807, 2.05) is 11.8 Å². The van der Waals surface area contributed by atoms with Gasteiger partial charge >= 0.3 is 0 Å². The van der Waals surface area contributed by atoms with Crippen molar-refractivity contribution < 1.29 is 0 Å². The lowest BCUT2D eigenvalue weighted by atomic mass is 9.93. The first-order valence-corrected chi connectivity index (χ1v) is 6.93. The van der Waals surface area contributed by atoms with E-state index >= 15 is 0 Å². The molecule has 0 saturated heterocycles. The fraction of sp³-hybridized carbons (Fsp3) is 0.917. The zero-order chi connectivity index (χ0) is 12.2. The molecule has 1 aliphatic heterocycles. The first kappa shape index (κ1) is 13.8. The molecule has 0 fully saturated rings. The van der Waals surface area contributed by atoms with E-state index in [9.17, 15) is 0 Å². The molecule has 0 aromatic carbocycles. The summed E-state index contributed by atoms with van der Waals surface area (Å²) in [6.45, 7) is 9.89. The van der Waals surface area contributed by atoms with E-state index in [0.29, 0.717) is 0 Å². The number of thioether (sulfide) groups is 1. The Hall–Kier alpha value is -0.220. The van der Waals surface area contributed by atoms with Crippen LogP contribution in [0.15, 0.2) is 4.99 Å². The molecule has 0 aromatic rings. The average molecular weight is 243 g/mol. The Morgan fingerprint density at radius 3 is 2.69 bits per heavy atom. The Morgan fingerprint density at radius 1 is 1.50 bits per heavy atom. The van der Waals surface area contributed by atoms with E-state index in [1.54, 1.807) is 0 Å². The van der Waals surface area contributed by atoms with Crippen molar-refractivity contribution >= 4 is 16.9 Å². The standard InChI is InChI=1S/C12H25N3S/c1-10-6-13-11(16-7-10)14-8-12(2,3)9-15(4)5/h10H,6-9H2,1-5H3,(H,13,14). The summed E-state index contributed by atoms with van der Waals surface area (Å²) in [7, 11) is 4.24. The quantitative estimate of drug-likeness (QED) is 0.817. The van der Waals surface area contributed by atoms with Crippen LogP contribution in [0.3, 0.4) is 0 Å². The van der Waals surface area contributed by atoms with E-state index < -0.39 is 0 Å². The molecule has 0 amide bonds. The molecule has 1 unspecified atom stereocenters. The third kappa shape index (κ3) is 5.21. The van der Waals surface area contributed by atoms with Gasteiger partial charge in [-0.1, -0.05) is 32.5 Å². The van der Waals surface area contributed by atoms with Gasteiger partial charge in [-0.15, -0.1) is 0 Å². The van der Waals surface area contributed by atoms with Crippen LogP contribution in [0, 0.1) is 11.3 Å². The molecule has 0 spiro atoms. The SMILES string of the molecule is CC1CN=C(NCC(C)(C)CN(C)C)SC1. The minimum Gasteiger partial charge on any atom is -0.364 e. The molecule has 0 saturated carbocycles. The number of hydrogen-bond donors (Lipinski definition) is 1. The summed E-state index contributed by atoms with van der Waals surface area (Å²) in [4.78, 5) is 6.78. The van der Waals surface area contributed by atoms with Gasteiger partial charge in [0, 0.05) is 25.4 Å². The lowest BCUT2D eigenvalue weighted by molar-refractivity contribution is 0.242. The van der Waals surface area contributed by atoms with Gasteiger partial charge in [-0.2, -0.15) is 0 Å². The number of nitrogens with zero attached hydrogens (tertiary/aromatic N) is 2. The summed E-state index contributed by atoms with van der Waals surface area (Å²) in [5.74, 6) is 1.92. The zero-order valence-corrected chi connectivity index (χ0v) is 12.0. The number of hydrogen-bond acceptors (Lipinski definition) is 4. The molecule has 0 radical (unpaired) electrons. The monoisotopic (exact) mass is 243 g/mol. The Bertz CT molecular complexity index is 249. The molecule has 0 bridgehead atoms. The van der Waals surface area contributed by atoms with Crippen molar-refractivity contribution in [2.45, 2.75) is 20.8 Å². The third-order valence-corrected chi connectivity index (χ3v) is 3.80. The Morgan fingerprint density at radius 2 is 2.19 bits per heavy atom. The molecule has 1 heterocycles. The van der Waals surface area contributed by atoms with E-state index in [-0.39, 0.29) is 5.41 Å². The van der Waals surface area contributed by atoms with E-state index in [2.05, 4.69) is 50.1 Å². The Balaban J connectivity index is 2.33. The summed E-state index contributed by atoms with van der Waals surface area (Å²) >= 11 is 1.86. The molecule has 94 valence electrons. The number of nitrogens with one attached hydrogen (secondary N) is 1. The molecule has 16 heavy (non-hydrogen) atoms. The van der Waals surface area contributed by atoms with Gasteiger partial charge in [0.25, 0.3) is 0 Å². The summed E-state index contributed by atoms with van der Waals surface area (Å²) in [5, 5.41) is 4.60. The summed E-state index contributed by atoms with van der Waals surface area (Å²) in [6.07, 6.45) is 0. The van der Waals surface area contributed by atoms with Crippen LogP contribution in [0.4, 0.5) is 0 Å². The van der Waals surface area contributed by atoms with E-state index in [1.165, 1.54) is 5.75 Å². The predicted octanol–water partition coefficient (Wildman–Crippen LogP) is 1.90. The van der Waals surface area contributed by atoms with Gasteiger partial charge in [-0.25, -0.2) is 0 Å². The molecule has 3 nitrogen and oxygen atoms in total. The molecule has 4 heteroatoms. The van der Waals surface area contributed by atoms with Crippen LogP contribution in [0.1, 0.15) is 20.8 Å². The van der Waals surface area contributed by atoms with Crippen molar-refractivity contribution in [3.05, 3.63) is 0 Å². The van der Waals surface area contributed by atoms with Gasteiger partial charge in [0.15, 0.2) is 5.17 Å². The van der Waals surface area contributed by atoms with Gasteiger partial charge in [-0.05, 0) is 25.4 Å². The van der Waals surface area contributed by atoms with Crippen LogP contribution in [0.25, 0.3) is 0 Å². The smallest absolute Gasteiger partial charge is 0.156 e. The van der Waals surface area contributed by atoms with Crippen LogP contribution in [0.2, 0.25) is 0 Å². The lowest BCUT2D eigenvalue weighted by Gasteiger charge is -2.29. The van der Waals surface area contributed by atoms with Crippen molar-refractivity contribution in [2.75, 3.05) is 39.5 Å². The molecule has 1 rings (SSSR count). The maximum Gasteiger partial charge on any atom is 0.156 e. The van der Waals surface area contributed by atoms with E-state index in [0.717, 1.165) is 30.7 Å². The van der Waals surface area contributed by atoms with E-state index in [4.69, 9.17) is 0 Å². The molecule has 1 N–H and O–H groups in total. The van der Waals surface area contributed by atoms with Gasteiger partial charge in [0.05, 0.1) is 0 Å². The minimum atomic E-state index is 0.287. The highest BCUT2D eigenvalue weighted by Gasteiger charge is 2.20. The molecule has 1 aliphatic rings. The van der Waals surface area contributed by atoms with Gasteiger partial charge in [0.2, 0.25) is 0 Å². The normalized spacial score (nSPS) is 22.1. The fourth-order valence-corrected chi connectivity index (χ4v) is 2.78. The Labute approximate surface area is 104 Å². The van der Waals surface area contributed by atoms with Gasteiger partial charge in [0.1, 0.15) is 0 Å². The Kier molecular flexibility index (Phi) is 5.12. The number of rotatable bonds is 4. The predicted molar refractivity (Wildman–Crippen MR) is 74.3 cm³/mol. The number of amidine groups is 1. The lowest BCUT2D eigenvalue weighted by Crippen LogP contribution is -2.40. The van der Waals surface area contributed by atoms with Crippen LogP contribution >= 0.6 is 11.8 Å². The maximum atomic E-state index is 4.55. The molecule has 0 aromatic heterocycles. The second kappa shape index (κ2) is 5.92. The van der Waals surface area contributed by atoms with Crippen molar-refractivity contribution in [2.24, 2.45) is 16.3 Å². The second-order valence-corrected chi connectivity index (χ2v) is 6.83. The van der Waals surface area contributed by atoms with Crippen LogP contribution in [-0.4, -0.2) is 49.6 Å². The summed E-state index contributed by atoms with van der Waals surface area (Å²) in [5.41, 5.74) is 0.287. The van der Waals surface area contributed by atoms with Crippen molar-refractivity contribution in [3.8, 4) is 0 Å². The van der Waals surface area contributed by atoms with Crippen LogP contribution in [-0.2, 0) is 0 Å². The van der Waals surface area contributed by atoms with Gasteiger partial charge < -0.3 is 10.2 Å². The topological polar surface area (TPSA) is 27.6 Å². The van der Waals surface area contributed by atoms with Crippen LogP contribution < -0.4 is 5.32 Å². The third-order valence-electron chi connectivity index (χ3n) is 2.51. The second-order valence-electron chi connectivity index (χ2n) is 5.82. The highest BCUT2D eigenvalue weighted by molar-refractivity contribution is 8.13. The van der Waals surface area contributed by atoms with Crippen LogP contribution in [0.5, 0.6) is 0 Å². The van der Waals surface area contributed by atoms with Crippen molar-refractivity contribution in [1.29, 1.82) is 0 Å². The first-order valence-electron chi connectivity index (χ1n) is 5.95. The minimum absolute atomic E-state index is 0.287. The largest absolute Gasteiger partial charge is 0.364 e. The van der Waals surface area contributed by atoms with Gasteiger partial charge in [-0.3, -0.25) is 4.99 Å². The number of aliphatic imine (C=N–C) groups is 1. The highest BCUT2D eigenvalue weighted by atomic mass is 32.2. The first-order chi connectivity index (χ1) is 7.39. The molecular weight excluding hydrogens is 218 g/mol. The highest BCUT2D eigenvalue weighted by Crippen LogP contribution is 2.18. The average Bonchev–Trinajstić information content (AvgIpc) is 2.15. The summed E-state index contributed by atoms with van der Waals surface area (Å²) in [6, 6.07) is 0. The maximum absolute atomic E-state index is 4.55.